The lowest BCUT2D eigenvalue weighted by atomic mass is 9.96. The summed E-state index contributed by atoms with van der Waals surface area (Å²) in [4.78, 5) is 28.1. The van der Waals surface area contributed by atoms with Crippen molar-refractivity contribution >= 4 is 11.9 Å². The van der Waals surface area contributed by atoms with Crippen molar-refractivity contribution in [2.24, 2.45) is 0 Å². The predicted molar refractivity (Wildman–Crippen MR) is 82.6 cm³/mol. The van der Waals surface area contributed by atoms with Gasteiger partial charge in [-0.05, 0) is 57.0 Å². The van der Waals surface area contributed by atoms with E-state index >= 15 is 0 Å². The molecule has 2 aliphatic rings. The maximum Gasteiger partial charge on any atom is 0.325 e. The molecule has 5 heteroatoms. The molecule has 0 aliphatic carbocycles. The normalized spacial score (nSPS) is 19.8. The number of carboxylic acids is 1. The molecule has 0 bridgehead atoms. The molecule has 0 spiro atoms. The Hall–Kier alpha value is -1.88. The number of nitrogens with zero attached hydrogens (tertiary/aromatic N) is 2. The molecule has 2 heterocycles. The van der Waals surface area contributed by atoms with Crippen LogP contribution < -0.4 is 0 Å². The first kappa shape index (κ1) is 15.0. The van der Waals surface area contributed by atoms with Crippen LogP contribution in [0.5, 0.6) is 0 Å². The first-order chi connectivity index (χ1) is 10.5. The average molecular weight is 302 g/mol. The second kappa shape index (κ2) is 5.72. The molecule has 0 radical (unpaired) electrons. The van der Waals surface area contributed by atoms with Crippen LogP contribution in [0.1, 0.15) is 54.2 Å². The number of carbonyl (C=O) groups excluding carboxylic acids is 1. The summed E-state index contributed by atoms with van der Waals surface area (Å²) in [5.41, 5.74) is 2.33. The second-order valence-electron chi connectivity index (χ2n) is 6.38. The summed E-state index contributed by atoms with van der Waals surface area (Å²) in [5, 5.41) is 9.72. The number of benzene rings is 1. The van der Waals surface area contributed by atoms with Crippen molar-refractivity contribution in [1.29, 1.82) is 0 Å². The Balaban J connectivity index is 2.02. The van der Waals surface area contributed by atoms with E-state index in [1.807, 2.05) is 36.9 Å². The van der Waals surface area contributed by atoms with Gasteiger partial charge in [-0.25, -0.2) is 0 Å². The molecule has 1 aromatic rings. The maximum absolute atomic E-state index is 12.5. The Labute approximate surface area is 130 Å². The largest absolute Gasteiger partial charge is 0.480 e. The highest BCUT2D eigenvalue weighted by Crippen LogP contribution is 2.34. The molecule has 22 heavy (non-hydrogen) atoms. The fourth-order valence-electron chi connectivity index (χ4n) is 3.54. The summed E-state index contributed by atoms with van der Waals surface area (Å²) < 4.78 is 0. The number of likely N-dealkylation sites (tertiary alicyclic amines) is 1. The standard InChI is InChI=1S/C17H22N2O3/c1-11(2)19-10-14-12(6-5-7-13(14)16(19)20)15(17(21)22)18-8-3-4-9-18/h5-7,11,15H,3-4,8-10H2,1-2H3,(H,21,22). The lowest BCUT2D eigenvalue weighted by Gasteiger charge is -2.26. The summed E-state index contributed by atoms with van der Waals surface area (Å²) >= 11 is 0. The molecular formula is C17H22N2O3. The molecule has 0 saturated carbocycles. The van der Waals surface area contributed by atoms with Crippen LogP contribution in [0.3, 0.4) is 0 Å². The number of hydrogen-bond donors (Lipinski definition) is 1. The van der Waals surface area contributed by atoms with Crippen molar-refractivity contribution in [3.05, 3.63) is 34.9 Å². The molecule has 1 amide bonds. The van der Waals surface area contributed by atoms with Crippen molar-refractivity contribution in [2.75, 3.05) is 13.1 Å². The van der Waals surface area contributed by atoms with E-state index < -0.39 is 12.0 Å². The molecule has 1 aromatic carbocycles. The molecule has 1 unspecified atom stereocenters. The van der Waals surface area contributed by atoms with Crippen LogP contribution in [0.4, 0.5) is 0 Å². The summed E-state index contributed by atoms with van der Waals surface area (Å²) in [5.74, 6) is -0.817. The second-order valence-corrected chi connectivity index (χ2v) is 6.38. The first-order valence-electron chi connectivity index (χ1n) is 7.90. The third-order valence-electron chi connectivity index (χ3n) is 4.69. The number of fused-ring (bicyclic) bond motifs is 1. The molecule has 1 saturated heterocycles. The predicted octanol–water partition coefficient (Wildman–Crippen LogP) is 2.27. The maximum atomic E-state index is 12.5. The van der Waals surface area contributed by atoms with Crippen molar-refractivity contribution in [3.8, 4) is 0 Å². The molecule has 3 rings (SSSR count). The summed E-state index contributed by atoms with van der Waals surface area (Å²) in [6, 6.07) is 4.96. The van der Waals surface area contributed by atoms with Gasteiger partial charge in [-0.3, -0.25) is 14.5 Å². The van der Waals surface area contributed by atoms with E-state index in [1.165, 1.54) is 0 Å². The zero-order chi connectivity index (χ0) is 15.9. The molecule has 1 fully saturated rings. The number of amides is 1. The van der Waals surface area contributed by atoms with Gasteiger partial charge in [-0.15, -0.1) is 0 Å². The van der Waals surface area contributed by atoms with E-state index in [0.29, 0.717) is 12.1 Å². The van der Waals surface area contributed by atoms with Gasteiger partial charge in [0, 0.05) is 18.2 Å². The third kappa shape index (κ3) is 2.39. The molecule has 5 nitrogen and oxygen atoms in total. The fraction of sp³-hybridized carbons (Fsp3) is 0.529. The highest BCUT2D eigenvalue weighted by molar-refractivity contribution is 5.99. The number of carboxylic acid groups (broad SMARTS) is 1. The SMILES string of the molecule is CC(C)N1Cc2c(cccc2C(C(=O)O)N2CCCC2)C1=O. The van der Waals surface area contributed by atoms with E-state index in [2.05, 4.69) is 0 Å². The Bertz CT molecular complexity index is 606. The summed E-state index contributed by atoms with van der Waals surface area (Å²) in [7, 11) is 0. The smallest absolute Gasteiger partial charge is 0.325 e. The highest BCUT2D eigenvalue weighted by atomic mass is 16.4. The summed E-state index contributed by atoms with van der Waals surface area (Å²) in [6.45, 7) is 6.10. The lowest BCUT2D eigenvalue weighted by Crippen LogP contribution is -2.33. The van der Waals surface area contributed by atoms with Crippen molar-refractivity contribution in [2.45, 2.75) is 45.3 Å². The van der Waals surface area contributed by atoms with Gasteiger partial charge in [0.15, 0.2) is 0 Å². The van der Waals surface area contributed by atoms with Gasteiger partial charge in [0.1, 0.15) is 6.04 Å². The molecule has 118 valence electrons. The van der Waals surface area contributed by atoms with E-state index in [4.69, 9.17) is 0 Å². The zero-order valence-corrected chi connectivity index (χ0v) is 13.1. The molecule has 1 atom stereocenters. The fourth-order valence-corrected chi connectivity index (χ4v) is 3.54. The van der Waals surface area contributed by atoms with Gasteiger partial charge >= 0.3 is 5.97 Å². The quantitative estimate of drug-likeness (QED) is 0.927. The van der Waals surface area contributed by atoms with E-state index in [1.54, 1.807) is 4.90 Å². The first-order valence-corrected chi connectivity index (χ1v) is 7.90. The number of carbonyl (C=O) groups is 2. The van der Waals surface area contributed by atoms with Gasteiger partial charge in [0.25, 0.3) is 5.91 Å². The molecule has 1 N–H and O–H groups in total. The zero-order valence-electron chi connectivity index (χ0n) is 13.1. The van der Waals surface area contributed by atoms with Crippen LogP contribution in [0.25, 0.3) is 0 Å². The van der Waals surface area contributed by atoms with E-state index in [9.17, 15) is 14.7 Å². The minimum atomic E-state index is -0.828. The number of hydrogen-bond acceptors (Lipinski definition) is 3. The third-order valence-corrected chi connectivity index (χ3v) is 4.69. The van der Waals surface area contributed by atoms with Crippen LogP contribution >= 0.6 is 0 Å². The van der Waals surface area contributed by atoms with Crippen LogP contribution in [-0.2, 0) is 11.3 Å². The minimum absolute atomic E-state index is 0.0115. The Morgan fingerprint density at radius 3 is 2.50 bits per heavy atom. The average Bonchev–Trinajstić information content (AvgIpc) is 3.08. The van der Waals surface area contributed by atoms with Gasteiger partial charge in [-0.2, -0.15) is 0 Å². The minimum Gasteiger partial charge on any atom is -0.480 e. The molecule has 0 aromatic heterocycles. The van der Waals surface area contributed by atoms with Gasteiger partial charge < -0.3 is 10.0 Å². The Kier molecular flexibility index (Phi) is 3.91. The van der Waals surface area contributed by atoms with Crippen LogP contribution in [0.15, 0.2) is 18.2 Å². The summed E-state index contributed by atoms with van der Waals surface area (Å²) in [6.07, 6.45) is 2.08. The van der Waals surface area contributed by atoms with E-state index in [-0.39, 0.29) is 11.9 Å². The Morgan fingerprint density at radius 1 is 1.23 bits per heavy atom. The lowest BCUT2D eigenvalue weighted by molar-refractivity contribution is -0.143. The topological polar surface area (TPSA) is 60.9 Å². The Morgan fingerprint density at radius 2 is 1.91 bits per heavy atom. The van der Waals surface area contributed by atoms with Crippen molar-refractivity contribution in [3.63, 3.8) is 0 Å². The van der Waals surface area contributed by atoms with Crippen LogP contribution in [0, 0.1) is 0 Å². The van der Waals surface area contributed by atoms with Gasteiger partial charge in [-0.1, -0.05) is 12.1 Å². The van der Waals surface area contributed by atoms with Gasteiger partial charge in [0.05, 0.1) is 0 Å². The van der Waals surface area contributed by atoms with Gasteiger partial charge in [0.2, 0.25) is 0 Å². The van der Waals surface area contributed by atoms with Crippen molar-refractivity contribution in [1.82, 2.24) is 9.80 Å². The number of rotatable bonds is 4. The van der Waals surface area contributed by atoms with E-state index in [0.717, 1.165) is 37.1 Å². The molecule has 2 aliphatic heterocycles. The number of aliphatic carboxylic acids is 1. The van der Waals surface area contributed by atoms with Crippen molar-refractivity contribution < 1.29 is 14.7 Å². The van der Waals surface area contributed by atoms with Crippen LogP contribution in [-0.4, -0.2) is 45.9 Å². The van der Waals surface area contributed by atoms with Crippen LogP contribution in [0.2, 0.25) is 0 Å². The molecular weight excluding hydrogens is 280 g/mol. The monoisotopic (exact) mass is 302 g/mol. The highest BCUT2D eigenvalue weighted by Gasteiger charge is 2.36.